The molecule has 0 saturated heterocycles. The van der Waals surface area contributed by atoms with E-state index in [1.54, 1.807) is 25.3 Å². The highest BCUT2D eigenvalue weighted by atomic mass is 19.4. The number of rotatable bonds is 8. The lowest BCUT2D eigenvalue weighted by Gasteiger charge is -2.49. The van der Waals surface area contributed by atoms with Gasteiger partial charge < -0.3 is 14.4 Å². The van der Waals surface area contributed by atoms with E-state index < -0.39 is 28.3 Å². The number of carbonyl (C=O) groups excluding carboxylic acids is 2. The minimum Gasteiger partial charge on any atom is -0.450 e. The molecule has 2 aromatic carbocycles. The van der Waals surface area contributed by atoms with E-state index in [9.17, 15) is 32.9 Å². The van der Waals surface area contributed by atoms with E-state index in [1.165, 1.54) is 6.07 Å². The number of methoxy groups -OCH3 is 1. The van der Waals surface area contributed by atoms with Crippen molar-refractivity contribution in [1.82, 2.24) is 4.90 Å². The predicted octanol–water partition coefficient (Wildman–Crippen LogP) is 8.13. The fourth-order valence-corrected chi connectivity index (χ4v) is 6.83. The van der Waals surface area contributed by atoms with Crippen molar-refractivity contribution in [3.8, 4) is 11.5 Å². The standard InChI is InChI=1S/C34H37F3N2O6/c1-32(2)16-24-30(26(40)18-32)29(31-25(38(24)12-7-13-44-5)17-33(3,4)19-27(31)41)20-8-6-9-22(14-20)45-28-11-10-21(34(35,36)37)15-23(28)39(42)43/h6,8-11,14-15,29H,7,12-13,16-19H2,1-5H3. The first-order valence-corrected chi connectivity index (χ1v) is 14.9. The molecule has 8 nitrogen and oxygen atoms in total. The summed E-state index contributed by atoms with van der Waals surface area (Å²) in [5.74, 6) is -0.987. The second-order valence-corrected chi connectivity index (χ2v) is 13.6. The largest absolute Gasteiger partial charge is 0.450 e. The number of alkyl halides is 3. The molecule has 0 bridgehead atoms. The van der Waals surface area contributed by atoms with E-state index in [1.807, 2.05) is 0 Å². The maximum Gasteiger partial charge on any atom is 0.416 e. The highest BCUT2D eigenvalue weighted by Gasteiger charge is 2.49. The van der Waals surface area contributed by atoms with Gasteiger partial charge >= 0.3 is 11.9 Å². The van der Waals surface area contributed by atoms with Crippen LogP contribution in [0.4, 0.5) is 18.9 Å². The lowest BCUT2D eigenvalue weighted by Crippen LogP contribution is -2.44. The molecule has 1 aliphatic heterocycles. The Morgan fingerprint density at radius 1 is 0.933 bits per heavy atom. The number of Topliss-reactive ketones (excluding diaryl/α,β-unsaturated/α-hetero) is 2. The molecule has 2 aliphatic carbocycles. The van der Waals surface area contributed by atoms with Crippen molar-refractivity contribution in [1.29, 1.82) is 0 Å². The number of carbonyl (C=O) groups is 2. The quantitative estimate of drug-likeness (QED) is 0.166. The van der Waals surface area contributed by atoms with Crippen LogP contribution in [0.2, 0.25) is 0 Å². The van der Waals surface area contributed by atoms with E-state index in [0.29, 0.717) is 68.0 Å². The van der Waals surface area contributed by atoms with Gasteiger partial charge in [-0.2, -0.15) is 13.2 Å². The first kappa shape index (κ1) is 32.4. The minimum absolute atomic E-state index is 0.0446. The number of hydrogen-bond acceptors (Lipinski definition) is 7. The fourth-order valence-electron chi connectivity index (χ4n) is 6.83. The molecule has 0 saturated carbocycles. The van der Waals surface area contributed by atoms with Crippen LogP contribution in [-0.2, 0) is 20.5 Å². The number of hydrogen-bond donors (Lipinski definition) is 0. The van der Waals surface area contributed by atoms with E-state index in [0.717, 1.165) is 23.5 Å². The molecule has 11 heteroatoms. The molecule has 1 heterocycles. The summed E-state index contributed by atoms with van der Waals surface area (Å²) >= 11 is 0. The topological polar surface area (TPSA) is 99.0 Å². The summed E-state index contributed by atoms with van der Waals surface area (Å²) < 4.78 is 50.9. The number of halogens is 3. The Morgan fingerprint density at radius 3 is 2.07 bits per heavy atom. The highest BCUT2D eigenvalue weighted by molar-refractivity contribution is 6.06. The van der Waals surface area contributed by atoms with Crippen LogP contribution in [0.5, 0.6) is 11.5 Å². The Bertz CT molecular complexity index is 1570. The van der Waals surface area contributed by atoms with Gasteiger partial charge in [0.25, 0.3) is 0 Å². The molecular formula is C34H37F3N2O6. The normalized spacial score (nSPS) is 19.9. The molecule has 0 N–H and O–H groups in total. The fraction of sp³-hybridized carbons (Fsp3) is 0.471. The number of allylic oxidation sites excluding steroid dienone is 4. The van der Waals surface area contributed by atoms with Gasteiger partial charge in [-0.25, -0.2) is 0 Å². The van der Waals surface area contributed by atoms with Crippen LogP contribution in [0.3, 0.4) is 0 Å². The third-order valence-electron chi connectivity index (χ3n) is 8.65. The number of nitrogens with zero attached hydrogens (tertiary/aromatic N) is 2. The van der Waals surface area contributed by atoms with Gasteiger partial charge in [-0.15, -0.1) is 0 Å². The summed E-state index contributed by atoms with van der Waals surface area (Å²) in [7, 11) is 1.64. The molecule has 0 aromatic heterocycles. The Balaban J connectivity index is 1.64. The predicted molar refractivity (Wildman–Crippen MR) is 161 cm³/mol. The summed E-state index contributed by atoms with van der Waals surface area (Å²) in [6.45, 7) is 9.34. The van der Waals surface area contributed by atoms with Crippen LogP contribution in [-0.4, -0.2) is 41.7 Å². The number of ether oxygens (including phenoxy) is 2. The molecule has 2 aromatic rings. The molecule has 0 atom stereocenters. The lowest BCUT2D eigenvalue weighted by molar-refractivity contribution is -0.385. The number of benzene rings is 2. The smallest absolute Gasteiger partial charge is 0.416 e. The maximum absolute atomic E-state index is 14.0. The van der Waals surface area contributed by atoms with Gasteiger partial charge in [-0.3, -0.25) is 19.7 Å². The molecule has 0 spiro atoms. The SMILES string of the molecule is COCCCN1C2=C(C(=O)CC(C)(C)C2)C(c2cccc(Oc3ccc(C(F)(F)F)cc3[N+](=O)[O-])c2)C2=C1CC(C)(C)CC2=O. The first-order chi connectivity index (χ1) is 21.0. The molecule has 3 aliphatic rings. The minimum atomic E-state index is -4.76. The van der Waals surface area contributed by atoms with Gasteiger partial charge in [-0.05, 0) is 59.9 Å². The highest BCUT2D eigenvalue weighted by Crippen LogP contribution is 2.54. The summed E-state index contributed by atoms with van der Waals surface area (Å²) in [5.41, 5.74) is 0.940. The average molecular weight is 627 g/mol. The summed E-state index contributed by atoms with van der Waals surface area (Å²) in [4.78, 5) is 40.9. The zero-order valence-corrected chi connectivity index (χ0v) is 26.0. The summed E-state index contributed by atoms with van der Waals surface area (Å²) in [6.07, 6.45) is -2.17. The van der Waals surface area contributed by atoms with Crippen molar-refractivity contribution in [2.45, 2.75) is 71.9 Å². The van der Waals surface area contributed by atoms with Crippen LogP contribution >= 0.6 is 0 Å². The Morgan fingerprint density at radius 2 is 1.53 bits per heavy atom. The second kappa shape index (κ2) is 11.7. The average Bonchev–Trinajstić information content (AvgIpc) is 2.91. The molecule has 0 radical (unpaired) electrons. The third-order valence-corrected chi connectivity index (χ3v) is 8.65. The summed E-state index contributed by atoms with van der Waals surface area (Å²) in [6, 6.07) is 8.68. The lowest BCUT2D eigenvalue weighted by atomic mass is 9.63. The van der Waals surface area contributed by atoms with Gasteiger partial charge in [0.2, 0.25) is 5.75 Å². The zero-order valence-electron chi connectivity index (χ0n) is 26.0. The summed E-state index contributed by atoms with van der Waals surface area (Å²) in [5, 5.41) is 11.7. The molecule has 0 amide bonds. The van der Waals surface area contributed by atoms with E-state index in [4.69, 9.17) is 9.47 Å². The van der Waals surface area contributed by atoms with Gasteiger partial charge in [-0.1, -0.05) is 39.8 Å². The molecule has 5 rings (SSSR count). The van der Waals surface area contributed by atoms with Gasteiger partial charge in [0.15, 0.2) is 11.6 Å². The van der Waals surface area contributed by atoms with Crippen LogP contribution < -0.4 is 4.74 Å². The molecule has 0 unspecified atom stereocenters. The molecule has 0 fully saturated rings. The van der Waals surface area contributed by atoms with Crippen molar-refractivity contribution in [2.24, 2.45) is 10.8 Å². The Hall–Kier alpha value is -3.99. The van der Waals surface area contributed by atoms with E-state index >= 15 is 0 Å². The third kappa shape index (κ3) is 6.54. The van der Waals surface area contributed by atoms with Crippen molar-refractivity contribution in [3.63, 3.8) is 0 Å². The van der Waals surface area contributed by atoms with Gasteiger partial charge in [0.05, 0.1) is 10.5 Å². The number of nitro groups is 1. The Labute approximate surface area is 260 Å². The van der Waals surface area contributed by atoms with Crippen molar-refractivity contribution in [2.75, 3.05) is 20.3 Å². The van der Waals surface area contributed by atoms with E-state index in [-0.39, 0.29) is 33.9 Å². The van der Waals surface area contributed by atoms with Crippen molar-refractivity contribution >= 4 is 17.3 Å². The number of ketones is 2. The molecule has 45 heavy (non-hydrogen) atoms. The van der Waals surface area contributed by atoms with Crippen LogP contribution in [0.1, 0.15) is 76.8 Å². The van der Waals surface area contributed by atoms with Crippen LogP contribution in [0.25, 0.3) is 0 Å². The van der Waals surface area contributed by atoms with Crippen LogP contribution in [0.15, 0.2) is 65.0 Å². The molecule has 240 valence electrons. The monoisotopic (exact) mass is 626 g/mol. The van der Waals surface area contributed by atoms with Gasteiger partial charge in [0, 0.05) is 67.6 Å². The van der Waals surface area contributed by atoms with Crippen molar-refractivity contribution in [3.05, 3.63) is 86.2 Å². The second-order valence-electron chi connectivity index (χ2n) is 13.6. The van der Waals surface area contributed by atoms with E-state index in [2.05, 4.69) is 32.6 Å². The van der Waals surface area contributed by atoms with Gasteiger partial charge in [0.1, 0.15) is 5.75 Å². The first-order valence-electron chi connectivity index (χ1n) is 14.9. The number of nitro benzene ring substituents is 1. The van der Waals surface area contributed by atoms with Crippen LogP contribution in [0, 0.1) is 20.9 Å². The zero-order chi connectivity index (χ0) is 32.9. The van der Waals surface area contributed by atoms with Crippen molar-refractivity contribution < 1.29 is 37.2 Å². The molecular weight excluding hydrogens is 589 g/mol. The Kier molecular flexibility index (Phi) is 8.46. The maximum atomic E-state index is 14.0.